The Balaban J connectivity index is 2.59. The lowest BCUT2D eigenvalue weighted by molar-refractivity contribution is -0.142. The second kappa shape index (κ2) is 54.4. The normalized spacial score (nSPS) is 17.3. The summed E-state index contributed by atoms with van der Waals surface area (Å²) in [5.74, 6) is 0. The first-order valence-electron chi connectivity index (χ1n) is 30.0. The zero-order chi connectivity index (χ0) is 66.0. The van der Waals surface area contributed by atoms with Crippen LogP contribution in [0.2, 0.25) is 0 Å². The second-order valence-corrected chi connectivity index (χ2v) is 21.3. The fourth-order valence-corrected chi connectivity index (χ4v) is 7.65. The molecule has 0 aliphatic carbocycles. The van der Waals surface area contributed by atoms with Crippen molar-refractivity contribution in [3.8, 4) is 0 Å². The van der Waals surface area contributed by atoms with Crippen LogP contribution in [0.1, 0.15) is 11.1 Å². The van der Waals surface area contributed by atoms with Gasteiger partial charge in [0, 0.05) is 13.1 Å². The summed E-state index contributed by atoms with van der Waals surface area (Å²) in [6.45, 7) is -8.10. The van der Waals surface area contributed by atoms with E-state index in [1.165, 1.54) is 0 Å². The third-order valence-electron chi connectivity index (χ3n) is 12.7. The monoisotopic (exact) mass is 1310 g/mol. The van der Waals surface area contributed by atoms with Crippen LogP contribution in [0.4, 0.5) is 0 Å². The fraction of sp³-hybridized carbons (Fsp3) is 0.797. The van der Waals surface area contributed by atoms with Crippen LogP contribution in [0, 0.1) is 0 Å². The van der Waals surface area contributed by atoms with Crippen LogP contribution in [0.5, 0.6) is 0 Å². The van der Waals surface area contributed by atoms with E-state index < -0.39 is 144 Å². The van der Waals surface area contributed by atoms with E-state index in [1.54, 1.807) is 0 Å². The van der Waals surface area contributed by atoms with E-state index >= 15 is 0 Å². The lowest BCUT2D eigenvalue weighted by atomic mass is 10.1. The van der Waals surface area contributed by atoms with Crippen molar-refractivity contribution < 1.29 is 148 Å². The number of ether oxygens (including phenoxy) is 14. The van der Waals surface area contributed by atoms with Gasteiger partial charge in [0.1, 0.15) is 85.5 Å². The average molecular weight is 1310 g/mol. The highest BCUT2D eigenvalue weighted by atomic mass is 16.6. The van der Waals surface area contributed by atoms with Gasteiger partial charge < -0.3 is 148 Å². The number of aliphatic hydroxyl groups excluding tert-OH is 16. The molecule has 16 N–H and O–H groups in total. The van der Waals surface area contributed by atoms with Crippen molar-refractivity contribution in [2.24, 2.45) is 0 Å². The van der Waals surface area contributed by atoms with E-state index in [9.17, 15) is 81.7 Å². The molecule has 0 saturated carbocycles. The minimum absolute atomic E-state index is 0.0119. The summed E-state index contributed by atoms with van der Waals surface area (Å²) in [5, 5.41) is 155. The number of hydrogen-bond acceptors (Lipinski definition) is 31. The molecule has 0 heterocycles. The summed E-state index contributed by atoms with van der Waals surface area (Å²) < 4.78 is 83.4. The van der Waals surface area contributed by atoms with Crippen molar-refractivity contribution in [1.29, 1.82) is 0 Å². The Morgan fingerprint density at radius 3 is 0.656 bits per heavy atom. The smallest absolute Gasteiger partial charge is 0.104 e. The first-order valence-corrected chi connectivity index (χ1v) is 30.0. The van der Waals surface area contributed by atoms with Gasteiger partial charge in [-0.05, 0) is 11.1 Å². The van der Waals surface area contributed by atoms with Gasteiger partial charge in [-0.25, -0.2) is 0 Å². The van der Waals surface area contributed by atoms with Crippen molar-refractivity contribution in [2.75, 3.05) is 198 Å². The summed E-state index contributed by atoms with van der Waals surface area (Å²) in [4.78, 5) is 2.15. The van der Waals surface area contributed by atoms with Gasteiger partial charge in [0.05, 0.1) is 204 Å². The molecule has 0 fully saturated rings. The number of rotatable bonds is 63. The predicted octanol–water partition coefficient (Wildman–Crippen LogP) is -6.67. The molecular formula is C59H105NO30. The molecule has 0 spiro atoms. The lowest BCUT2D eigenvalue weighted by Crippen LogP contribution is -2.43. The minimum atomic E-state index is -1.25. The molecule has 2 aromatic carbocycles. The number of hydrogen-bond donors (Lipinski definition) is 16. The molecule has 0 saturated heterocycles. The molecule has 90 heavy (non-hydrogen) atoms. The predicted molar refractivity (Wildman–Crippen MR) is 316 cm³/mol. The molecule has 0 aliphatic rings. The maximum atomic E-state index is 10.1. The van der Waals surface area contributed by atoms with Crippen LogP contribution >= 0.6 is 0 Å². The Kier molecular flexibility index (Phi) is 50.4. The van der Waals surface area contributed by atoms with Gasteiger partial charge in [0.25, 0.3) is 0 Å². The van der Waals surface area contributed by atoms with Crippen molar-refractivity contribution in [3.05, 3.63) is 71.8 Å². The summed E-state index contributed by atoms with van der Waals surface area (Å²) in [5.41, 5.74) is 1.91. The second-order valence-electron chi connectivity index (χ2n) is 21.3. The number of aliphatic hydroxyl groups is 16. The highest BCUT2D eigenvalue weighted by Gasteiger charge is 2.26. The third-order valence-corrected chi connectivity index (χ3v) is 12.7. The fourth-order valence-electron chi connectivity index (χ4n) is 7.65. The van der Waals surface area contributed by atoms with Crippen molar-refractivity contribution >= 4 is 0 Å². The molecule has 2 aromatic rings. The molecule has 14 atom stereocenters. The van der Waals surface area contributed by atoms with Crippen molar-refractivity contribution in [1.82, 2.24) is 4.90 Å². The van der Waals surface area contributed by atoms with E-state index in [1.807, 2.05) is 60.7 Å². The van der Waals surface area contributed by atoms with Crippen LogP contribution in [0.25, 0.3) is 0 Å². The first kappa shape index (κ1) is 83.3. The summed E-state index contributed by atoms with van der Waals surface area (Å²) >= 11 is 0. The molecule has 0 radical (unpaired) electrons. The van der Waals surface area contributed by atoms with E-state index in [4.69, 9.17) is 66.3 Å². The van der Waals surface area contributed by atoms with Crippen LogP contribution in [0.3, 0.4) is 0 Å². The quantitative estimate of drug-likeness (QED) is 0.0293. The maximum absolute atomic E-state index is 10.1. The standard InChI is InChI=1S/C59H105NO30/c61-13-46(69)23-79-33-54(85-27-50(73)17-65)35-83-37-56(89-41-58(87-29-52(75)19-67)39-81-25-48(71)15-63)31-77-21-45(60(11-43-7-3-1-4-8-43)12-44-9-5-2-6-10-44)22-78-32-57(90-42-59(88-30-53(76)20-68)40-82-26-49(72)16-64)38-84-36-55(86-28-51(74)18-66)34-80-24-47(70)14-62/h1-10,45-59,61-76H,11-42H2. The van der Waals surface area contributed by atoms with Gasteiger partial charge in [-0.3, -0.25) is 4.90 Å². The van der Waals surface area contributed by atoms with Gasteiger partial charge in [-0.1, -0.05) is 60.7 Å². The Morgan fingerprint density at radius 1 is 0.233 bits per heavy atom. The molecular weight excluding hydrogens is 1200 g/mol. The van der Waals surface area contributed by atoms with Gasteiger partial charge in [-0.15, -0.1) is 0 Å². The van der Waals surface area contributed by atoms with E-state index in [0.29, 0.717) is 13.1 Å². The largest absolute Gasteiger partial charge is 0.394 e. The van der Waals surface area contributed by atoms with Crippen LogP contribution in [0.15, 0.2) is 60.7 Å². The molecule has 526 valence electrons. The SMILES string of the molecule is OCC(O)COCC(COCC(COCC(COCC(COCC(COCC(O)CO)OCC(O)CO)OCC(COCC(O)CO)OCC(O)CO)N(Cc1ccccc1)Cc1ccccc1)OCC(COCC(O)CO)OCC(O)CO)OCC(O)CO. The molecule has 31 heteroatoms. The van der Waals surface area contributed by atoms with Crippen LogP contribution < -0.4 is 0 Å². The van der Waals surface area contributed by atoms with Crippen molar-refractivity contribution in [2.45, 2.75) is 105 Å². The zero-order valence-electron chi connectivity index (χ0n) is 51.4. The van der Waals surface area contributed by atoms with E-state index in [2.05, 4.69) is 4.90 Å². The Morgan fingerprint density at radius 2 is 0.422 bits per heavy atom. The molecule has 0 amide bonds. The van der Waals surface area contributed by atoms with Crippen molar-refractivity contribution in [3.63, 3.8) is 0 Å². The van der Waals surface area contributed by atoms with Gasteiger partial charge in [0.2, 0.25) is 0 Å². The van der Waals surface area contributed by atoms with Crippen LogP contribution in [-0.2, 0) is 79.4 Å². The Hall–Kier alpha value is -2.80. The highest BCUT2D eigenvalue weighted by molar-refractivity contribution is 5.17. The summed E-state index contributed by atoms with van der Waals surface area (Å²) in [6.07, 6.45) is -15.0. The average Bonchev–Trinajstić information content (AvgIpc) is 2.82. The Labute approximate surface area is 526 Å². The van der Waals surface area contributed by atoms with Gasteiger partial charge in [-0.2, -0.15) is 0 Å². The zero-order valence-corrected chi connectivity index (χ0v) is 51.4. The molecule has 0 bridgehead atoms. The molecule has 2 rings (SSSR count). The molecule has 0 aliphatic heterocycles. The highest BCUT2D eigenvalue weighted by Crippen LogP contribution is 2.17. The van der Waals surface area contributed by atoms with E-state index in [0.717, 1.165) is 11.1 Å². The maximum Gasteiger partial charge on any atom is 0.104 e. The molecule has 0 aromatic heterocycles. The van der Waals surface area contributed by atoms with E-state index in [-0.39, 0.29) is 145 Å². The minimum Gasteiger partial charge on any atom is -0.394 e. The summed E-state index contributed by atoms with van der Waals surface area (Å²) in [6, 6.07) is 18.8. The van der Waals surface area contributed by atoms with Gasteiger partial charge >= 0.3 is 0 Å². The first-order chi connectivity index (χ1) is 43.6. The van der Waals surface area contributed by atoms with Crippen LogP contribution in [-0.4, -0.2) is 376 Å². The topological polar surface area (TPSA) is 456 Å². The Bertz CT molecular complexity index is 1750. The number of benzene rings is 2. The third kappa shape index (κ3) is 42.5. The number of nitrogens with zero attached hydrogens (tertiary/aromatic N) is 1. The lowest BCUT2D eigenvalue weighted by Gasteiger charge is -2.33. The molecule has 14 unspecified atom stereocenters. The van der Waals surface area contributed by atoms with Gasteiger partial charge in [0.15, 0.2) is 0 Å². The summed E-state index contributed by atoms with van der Waals surface area (Å²) in [7, 11) is 0. The molecule has 31 nitrogen and oxygen atoms in total.